The first-order valence-electron chi connectivity index (χ1n) is 10.5. The molecule has 0 unspecified atom stereocenters. The van der Waals surface area contributed by atoms with Gasteiger partial charge in [0.25, 0.3) is 0 Å². The molecule has 2 aromatic rings. The number of thioether (sulfide) groups is 1. The average Bonchev–Trinajstić information content (AvgIpc) is 2.74. The summed E-state index contributed by atoms with van der Waals surface area (Å²) in [5.41, 5.74) is -0.135. The molecule has 0 aliphatic heterocycles. The van der Waals surface area contributed by atoms with Crippen LogP contribution in [0.3, 0.4) is 0 Å². The number of ether oxygens (including phenoxy) is 1. The van der Waals surface area contributed by atoms with E-state index >= 15 is 0 Å². The number of carbonyl (C=O) groups excluding carboxylic acids is 2. The number of alkyl carbamates (subject to hydrolysis) is 1. The molecule has 0 aliphatic carbocycles. The third-order valence-electron chi connectivity index (χ3n) is 4.85. The molecule has 1 heterocycles. The second-order valence-electron chi connectivity index (χ2n) is 7.19. The number of benzene rings is 1. The van der Waals surface area contributed by atoms with Gasteiger partial charge in [0.1, 0.15) is 0 Å². The summed E-state index contributed by atoms with van der Waals surface area (Å²) in [4.78, 5) is 38.3. The van der Waals surface area contributed by atoms with Crippen LogP contribution in [0.5, 0.6) is 0 Å². The molecule has 2 rings (SSSR count). The molecule has 1 aromatic heterocycles. The van der Waals surface area contributed by atoms with Crippen LogP contribution in [0.15, 0.2) is 34.1 Å². The number of aromatic carboxylic acids is 1. The Hall–Kier alpha value is -1.52. The molecule has 0 atom stereocenters. The maximum absolute atomic E-state index is 12.5. The SMILES string of the molecule is CCCCOC(=O)NCCN(C)CCSc1ccc2c(c1)c(=O)c(C(=O)[O-])cn2CC.[Na+]. The van der Waals surface area contributed by atoms with Crippen molar-refractivity contribution in [3.05, 3.63) is 40.2 Å². The fourth-order valence-corrected chi connectivity index (χ4v) is 4.02. The van der Waals surface area contributed by atoms with Gasteiger partial charge in [-0.15, -0.1) is 11.8 Å². The van der Waals surface area contributed by atoms with E-state index in [9.17, 15) is 19.5 Å². The molecule has 1 aromatic carbocycles. The van der Waals surface area contributed by atoms with Gasteiger partial charge < -0.3 is 29.4 Å². The first-order chi connectivity index (χ1) is 14.9. The molecular weight excluding hydrogens is 441 g/mol. The number of pyridine rings is 1. The first-order valence-corrected chi connectivity index (χ1v) is 11.5. The quantitative estimate of drug-likeness (QED) is 0.239. The number of hydrogen-bond donors (Lipinski definition) is 1. The van der Waals surface area contributed by atoms with Gasteiger partial charge in [-0.05, 0) is 38.6 Å². The molecular formula is C22H30N3NaO5S. The predicted molar refractivity (Wildman–Crippen MR) is 121 cm³/mol. The molecule has 0 aliphatic rings. The number of carboxylic acid groups (broad SMARTS) is 1. The molecule has 1 amide bonds. The number of likely N-dealkylation sites (N-methyl/N-ethyl adjacent to an activating group) is 1. The van der Waals surface area contributed by atoms with Gasteiger partial charge in [-0.1, -0.05) is 13.3 Å². The summed E-state index contributed by atoms with van der Waals surface area (Å²) < 4.78 is 6.79. The molecule has 0 fully saturated rings. The van der Waals surface area contributed by atoms with Crippen molar-refractivity contribution in [1.29, 1.82) is 0 Å². The number of unbranched alkanes of at least 4 members (excludes halogenated alkanes) is 1. The maximum atomic E-state index is 12.5. The van der Waals surface area contributed by atoms with Crippen molar-refractivity contribution in [3.63, 3.8) is 0 Å². The van der Waals surface area contributed by atoms with Crippen molar-refractivity contribution in [2.75, 3.05) is 39.0 Å². The van der Waals surface area contributed by atoms with Crippen molar-refractivity contribution >= 4 is 34.7 Å². The van der Waals surface area contributed by atoms with Crippen LogP contribution in [0.2, 0.25) is 0 Å². The second-order valence-corrected chi connectivity index (χ2v) is 8.36. The van der Waals surface area contributed by atoms with Crippen molar-refractivity contribution in [2.45, 2.75) is 38.1 Å². The molecule has 32 heavy (non-hydrogen) atoms. The Kier molecular flexibility index (Phi) is 13.0. The van der Waals surface area contributed by atoms with Crippen LogP contribution >= 0.6 is 11.8 Å². The van der Waals surface area contributed by atoms with Crippen molar-refractivity contribution < 1.29 is 49.0 Å². The number of hydrogen-bond acceptors (Lipinski definition) is 7. The Balaban J connectivity index is 0.00000512. The number of aromatic nitrogens is 1. The second kappa shape index (κ2) is 14.6. The first kappa shape index (κ1) is 28.5. The summed E-state index contributed by atoms with van der Waals surface area (Å²) in [7, 11) is 1.97. The van der Waals surface area contributed by atoms with Crippen LogP contribution in [0.25, 0.3) is 10.9 Å². The van der Waals surface area contributed by atoms with Gasteiger partial charge in [-0.3, -0.25) is 4.79 Å². The van der Waals surface area contributed by atoms with Crippen molar-refractivity contribution in [1.82, 2.24) is 14.8 Å². The normalized spacial score (nSPS) is 10.8. The Morgan fingerprint density at radius 1 is 1.25 bits per heavy atom. The number of carbonyl (C=O) groups is 2. The molecule has 10 heteroatoms. The van der Waals surface area contributed by atoms with Gasteiger partial charge in [0.05, 0.1) is 23.7 Å². The number of aryl methyl sites for hydroxylation is 1. The minimum absolute atomic E-state index is 0. The van der Waals surface area contributed by atoms with E-state index in [2.05, 4.69) is 10.2 Å². The number of carboxylic acids is 1. The Morgan fingerprint density at radius 3 is 2.66 bits per heavy atom. The van der Waals surface area contributed by atoms with Gasteiger partial charge in [-0.25, -0.2) is 4.79 Å². The number of fused-ring (bicyclic) bond motifs is 1. The van der Waals surface area contributed by atoms with E-state index in [1.807, 2.05) is 33.0 Å². The van der Waals surface area contributed by atoms with E-state index in [1.165, 1.54) is 6.20 Å². The minimum Gasteiger partial charge on any atom is -0.545 e. The van der Waals surface area contributed by atoms with Gasteiger partial charge in [0.15, 0.2) is 5.43 Å². The third kappa shape index (κ3) is 8.44. The largest absolute Gasteiger partial charge is 1.00 e. The number of amides is 1. The summed E-state index contributed by atoms with van der Waals surface area (Å²) in [6.45, 7) is 6.90. The molecule has 1 N–H and O–H groups in total. The predicted octanol–water partition coefficient (Wildman–Crippen LogP) is -1.06. The van der Waals surface area contributed by atoms with E-state index in [0.29, 0.717) is 37.1 Å². The van der Waals surface area contributed by atoms with Crippen LogP contribution in [0.1, 0.15) is 37.0 Å². The summed E-state index contributed by atoms with van der Waals surface area (Å²) >= 11 is 1.59. The van der Waals surface area contributed by atoms with Crippen LogP contribution in [0.4, 0.5) is 4.79 Å². The van der Waals surface area contributed by atoms with Crippen LogP contribution in [-0.4, -0.2) is 60.6 Å². The Bertz CT molecular complexity index is 966. The van der Waals surface area contributed by atoms with Gasteiger partial charge >= 0.3 is 35.7 Å². The molecule has 170 valence electrons. The fourth-order valence-electron chi connectivity index (χ4n) is 3.01. The minimum atomic E-state index is -1.46. The van der Waals surface area contributed by atoms with Gasteiger partial charge in [0, 0.05) is 48.4 Å². The number of nitrogens with zero attached hydrogens (tertiary/aromatic N) is 2. The van der Waals surface area contributed by atoms with E-state index in [1.54, 1.807) is 22.4 Å². The average molecular weight is 472 g/mol. The van der Waals surface area contributed by atoms with Gasteiger partial charge in [-0.2, -0.15) is 0 Å². The molecule has 0 saturated heterocycles. The van der Waals surface area contributed by atoms with Gasteiger partial charge in [0.2, 0.25) is 0 Å². The molecule has 0 spiro atoms. The third-order valence-corrected chi connectivity index (χ3v) is 5.82. The van der Waals surface area contributed by atoms with Crippen molar-refractivity contribution in [2.24, 2.45) is 0 Å². The van der Waals surface area contributed by atoms with Crippen LogP contribution in [0, 0.1) is 0 Å². The molecule has 0 radical (unpaired) electrons. The smallest absolute Gasteiger partial charge is 0.545 e. The fraction of sp³-hybridized carbons (Fsp3) is 0.500. The number of rotatable bonds is 12. The van der Waals surface area contributed by atoms with E-state index in [4.69, 9.17) is 4.74 Å². The summed E-state index contributed by atoms with van der Waals surface area (Å²) in [5.74, 6) is -0.679. The topological polar surface area (TPSA) is 104 Å². The molecule has 8 nitrogen and oxygen atoms in total. The Morgan fingerprint density at radius 2 is 2.00 bits per heavy atom. The zero-order chi connectivity index (χ0) is 22.8. The van der Waals surface area contributed by atoms with Crippen LogP contribution in [-0.2, 0) is 11.3 Å². The summed E-state index contributed by atoms with van der Waals surface area (Å²) in [6, 6.07) is 5.53. The van der Waals surface area contributed by atoms with E-state index < -0.39 is 11.4 Å². The molecule has 0 bridgehead atoms. The van der Waals surface area contributed by atoms with E-state index in [0.717, 1.165) is 30.0 Å². The maximum Gasteiger partial charge on any atom is 1.00 e. The molecule has 0 saturated carbocycles. The zero-order valence-electron chi connectivity index (χ0n) is 19.3. The monoisotopic (exact) mass is 471 g/mol. The summed E-state index contributed by atoms with van der Waals surface area (Å²) in [6.07, 6.45) is 2.80. The standard InChI is InChI=1S/C22H31N3O5S.Na/c1-4-6-12-30-22(29)23-9-10-24(3)11-13-31-16-7-8-19-17(14-16)20(26)18(21(27)28)15-25(19)5-2;/h7-8,14-15H,4-6,9-13H2,1-3H3,(H,23,29)(H,27,28);/q;+1/p-1. The number of nitrogens with one attached hydrogen (secondary N) is 1. The zero-order valence-corrected chi connectivity index (χ0v) is 22.1. The summed E-state index contributed by atoms with van der Waals surface area (Å²) in [5, 5.41) is 14.4. The Labute approximate surface area is 215 Å². The van der Waals surface area contributed by atoms with E-state index in [-0.39, 0.29) is 41.2 Å². The van der Waals surface area contributed by atoms with Crippen molar-refractivity contribution in [3.8, 4) is 0 Å². The van der Waals surface area contributed by atoms with Crippen LogP contribution < -0.4 is 45.4 Å².